The van der Waals surface area contributed by atoms with Gasteiger partial charge < -0.3 is 14.2 Å². The standard InChI is InChI=1S/C76H132O6/c1-4-7-10-13-16-19-22-25-28-30-31-32-33-34-35-36-37-38-39-40-41-42-43-44-45-46-49-51-54-57-60-63-66-69-75(78)81-72-73(71-80-74(77)68-65-62-59-56-53-50-47-27-24-21-18-15-12-9-6-3)82-76(79)70-67-64-61-58-55-52-48-29-26-23-20-17-14-11-8-5-2/h7,9-10,12,16,18-19,21,25,27-28,31-32,34-35,47,73H,4-6,8,11,13-15,17,20,22-24,26,29-30,33,36-46,48-72H2,1-3H3/b10-7-,12-9-,19-16-,21-18-,28-25-,32-31-,35-34-,47-27-. The smallest absolute Gasteiger partial charge is 0.306 e. The molecule has 0 aromatic heterocycles. The molecule has 0 aliphatic rings. The van der Waals surface area contributed by atoms with Crippen molar-refractivity contribution in [3.63, 3.8) is 0 Å². The predicted molar refractivity (Wildman–Crippen MR) is 357 cm³/mol. The summed E-state index contributed by atoms with van der Waals surface area (Å²) in [7, 11) is 0. The Bertz CT molecular complexity index is 1590. The number of ether oxygens (including phenoxy) is 3. The van der Waals surface area contributed by atoms with Crippen LogP contribution >= 0.6 is 0 Å². The lowest BCUT2D eigenvalue weighted by molar-refractivity contribution is -0.167. The fourth-order valence-corrected chi connectivity index (χ4v) is 10.1. The van der Waals surface area contributed by atoms with Crippen molar-refractivity contribution in [3.8, 4) is 0 Å². The average Bonchev–Trinajstić information content (AvgIpc) is 3.47. The second-order valence-corrected chi connectivity index (χ2v) is 23.4. The second kappa shape index (κ2) is 69.8. The van der Waals surface area contributed by atoms with Crippen molar-refractivity contribution in [1.29, 1.82) is 0 Å². The van der Waals surface area contributed by atoms with Crippen molar-refractivity contribution in [2.45, 2.75) is 354 Å². The molecule has 1 atom stereocenters. The molecule has 472 valence electrons. The van der Waals surface area contributed by atoms with Crippen molar-refractivity contribution in [2.75, 3.05) is 13.2 Å². The molecule has 6 heteroatoms. The highest BCUT2D eigenvalue weighted by atomic mass is 16.6. The summed E-state index contributed by atoms with van der Waals surface area (Å²) in [5, 5.41) is 0. The molecule has 0 fully saturated rings. The zero-order valence-corrected chi connectivity index (χ0v) is 54.2. The first kappa shape index (κ1) is 78.3. The summed E-state index contributed by atoms with van der Waals surface area (Å²) in [6, 6.07) is 0. The highest BCUT2D eigenvalue weighted by Crippen LogP contribution is 2.18. The molecule has 0 saturated carbocycles. The Balaban J connectivity index is 4.19. The van der Waals surface area contributed by atoms with Gasteiger partial charge in [-0.1, -0.05) is 330 Å². The van der Waals surface area contributed by atoms with E-state index in [9.17, 15) is 14.4 Å². The number of allylic oxidation sites excluding steroid dienone is 16. The molecule has 0 rings (SSSR count). The zero-order valence-electron chi connectivity index (χ0n) is 54.2. The van der Waals surface area contributed by atoms with E-state index in [0.717, 1.165) is 128 Å². The Morgan fingerprint density at radius 2 is 0.476 bits per heavy atom. The Morgan fingerprint density at radius 1 is 0.256 bits per heavy atom. The molecular weight excluding hydrogens is 1010 g/mol. The minimum atomic E-state index is -0.783. The number of hydrogen-bond acceptors (Lipinski definition) is 6. The van der Waals surface area contributed by atoms with E-state index >= 15 is 0 Å². The molecule has 0 heterocycles. The van der Waals surface area contributed by atoms with Gasteiger partial charge in [-0.2, -0.15) is 0 Å². The van der Waals surface area contributed by atoms with Crippen molar-refractivity contribution < 1.29 is 28.6 Å². The topological polar surface area (TPSA) is 78.9 Å². The van der Waals surface area contributed by atoms with Gasteiger partial charge in [-0.3, -0.25) is 14.4 Å². The van der Waals surface area contributed by atoms with Crippen LogP contribution in [0.25, 0.3) is 0 Å². The molecule has 0 aromatic rings. The fourth-order valence-electron chi connectivity index (χ4n) is 10.1. The van der Waals surface area contributed by atoms with Crippen LogP contribution in [-0.4, -0.2) is 37.2 Å². The fraction of sp³-hybridized carbons (Fsp3) is 0.750. The average molecular weight is 1140 g/mol. The van der Waals surface area contributed by atoms with Crippen LogP contribution < -0.4 is 0 Å². The first-order valence-electron chi connectivity index (χ1n) is 35.2. The number of carbonyl (C=O) groups excluding carboxylic acids is 3. The van der Waals surface area contributed by atoms with E-state index in [1.165, 1.54) is 180 Å². The van der Waals surface area contributed by atoms with Crippen LogP contribution in [0.15, 0.2) is 97.2 Å². The minimum absolute atomic E-state index is 0.0781. The predicted octanol–water partition coefficient (Wildman–Crippen LogP) is 24.4. The number of carbonyl (C=O) groups is 3. The summed E-state index contributed by atoms with van der Waals surface area (Å²) in [5.41, 5.74) is 0. The van der Waals surface area contributed by atoms with Gasteiger partial charge in [0.1, 0.15) is 13.2 Å². The van der Waals surface area contributed by atoms with Crippen LogP contribution in [0.5, 0.6) is 0 Å². The van der Waals surface area contributed by atoms with Gasteiger partial charge in [-0.05, 0) is 96.3 Å². The highest BCUT2D eigenvalue weighted by molar-refractivity contribution is 5.71. The lowest BCUT2D eigenvalue weighted by Gasteiger charge is -2.18. The minimum Gasteiger partial charge on any atom is -0.462 e. The van der Waals surface area contributed by atoms with Crippen LogP contribution in [0.4, 0.5) is 0 Å². The van der Waals surface area contributed by atoms with Crippen LogP contribution in [0.1, 0.15) is 348 Å². The Morgan fingerprint density at radius 3 is 0.744 bits per heavy atom. The maximum atomic E-state index is 12.9. The molecule has 0 aliphatic heterocycles. The lowest BCUT2D eigenvalue weighted by atomic mass is 10.0. The van der Waals surface area contributed by atoms with Gasteiger partial charge in [0.2, 0.25) is 0 Å². The number of hydrogen-bond donors (Lipinski definition) is 0. The third-order valence-corrected chi connectivity index (χ3v) is 15.3. The number of rotatable bonds is 64. The van der Waals surface area contributed by atoms with Crippen LogP contribution in [-0.2, 0) is 28.6 Å². The van der Waals surface area contributed by atoms with E-state index in [-0.39, 0.29) is 31.1 Å². The summed E-state index contributed by atoms with van der Waals surface area (Å²) >= 11 is 0. The monoisotopic (exact) mass is 1140 g/mol. The third kappa shape index (κ3) is 67.1. The Hall–Kier alpha value is -3.67. The maximum Gasteiger partial charge on any atom is 0.306 e. The molecule has 0 aromatic carbocycles. The van der Waals surface area contributed by atoms with Crippen molar-refractivity contribution in [2.24, 2.45) is 0 Å². The molecular formula is C76H132O6. The molecule has 0 aliphatic carbocycles. The van der Waals surface area contributed by atoms with Gasteiger partial charge in [0.05, 0.1) is 0 Å². The first-order valence-corrected chi connectivity index (χ1v) is 35.2. The highest BCUT2D eigenvalue weighted by Gasteiger charge is 2.19. The van der Waals surface area contributed by atoms with Gasteiger partial charge in [-0.25, -0.2) is 0 Å². The molecule has 0 radical (unpaired) electrons. The molecule has 82 heavy (non-hydrogen) atoms. The van der Waals surface area contributed by atoms with E-state index in [0.29, 0.717) is 19.3 Å². The Labute approximate surface area is 508 Å². The van der Waals surface area contributed by atoms with E-state index < -0.39 is 6.10 Å². The summed E-state index contributed by atoms with van der Waals surface area (Å²) in [6.45, 7) is 6.45. The van der Waals surface area contributed by atoms with Gasteiger partial charge in [0.15, 0.2) is 6.10 Å². The second-order valence-electron chi connectivity index (χ2n) is 23.4. The molecule has 6 nitrogen and oxygen atoms in total. The van der Waals surface area contributed by atoms with Gasteiger partial charge in [0, 0.05) is 19.3 Å². The molecule has 0 amide bonds. The largest absolute Gasteiger partial charge is 0.462 e. The van der Waals surface area contributed by atoms with Crippen molar-refractivity contribution in [3.05, 3.63) is 97.2 Å². The summed E-state index contributed by atoms with van der Waals surface area (Å²) in [4.78, 5) is 38.4. The quantitative estimate of drug-likeness (QED) is 0.0261. The van der Waals surface area contributed by atoms with Gasteiger partial charge in [-0.15, -0.1) is 0 Å². The van der Waals surface area contributed by atoms with Gasteiger partial charge in [0.25, 0.3) is 0 Å². The normalized spacial score (nSPS) is 12.7. The van der Waals surface area contributed by atoms with Crippen LogP contribution in [0, 0.1) is 0 Å². The molecule has 0 N–H and O–H groups in total. The lowest BCUT2D eigenvalue weighted by Crippen LogP contribution is -2.30. The summed E-state index contributed by atoms with van der Waals surface area (Å²) in [6.07, 6.45) is 94.4. The third-order valence-electron chi connectivity index (χ3n) is 15.3. The SMILES string of the molecule is CC/C=C\C/C=C\C/C=C\C/C=C\C/C=C\CCCCCCCCCCCCCCCCCCCC(=O)OCC(COC(=O)CCCCCCC/C=C\C/C=C\C/C=C\CC)OC(=O)CCCCCCCCCCCCCCCCCC. The van der Waals surface area contributed by atoms with Crippen LogP contribution in [0.3, 0.4) is 0 Å². The first-order chi connectivity index (χ1) is 40.5. The summed E-state index contributed by atoms with van der Waals surface area (Å²) in [5.74, 6) is -0.876. The number of unbranched alkanes of at least 4 members (excludes halogenated alkanes) is 37. The van der Waals surface area contributed by atoms with Gasteiger partial charge >= 0.3 is 17.9 Å². The summed E-state index contributed by atoms with van der Waals surface area (Å²) < 4.78 is 17.0. The van der Waals surface area contributed by atoms with Crippen molar-refractivity contribution in [1.82, 2.24) is 0 Å². The molecule has 0 bridgehead atoms. The van der Waals surface area contributed by atoms with E-state index in [1.54, 1.807) is 0 Å². The molecule has 0 saturated heterocycles. The van der Waals surface area contributed by atoms with Crippen LogP contribution in [0.2, 0.25) is 0 Å². The number of esters is 3. The molecule has 0 spiro atoms. The van der Waals surface area contributed by atoms with E-state index in [1.807, 2.05) is 0 Å². The van der Waals surface area contributed by atoms with E-state index in [2.05, 4.69) is 118 Å². The zero-order chi connectivity index (χ0) is 59.2. The maximum absolute atomic E-state index is 12.9. The van der Waals surface area contributed by atoms with Crippen molar-refractivity contribution >= 4 is 17.9 Å². The molecule has 1 unspecified atom stereocenters. The Kier molecular flexibility index (Phi) is 66.7. The van der Waals surface area contributed by atoms with E-state index in [4.69, 9.17) is 14.2 Å².